The second-order valence-electron chi connectivity index (χ2n) is 3.03. The number of likely N-dealkylation sites (N-methyl/N-ethyl adjacent to an activating group) is 1. The highest BCUT2D eigenvalue weighted by Crippen LogP contribution is 2.08. The zero-order valence-electron chi connectivity index (χ0n) is 8.24. The van der Waals surface area contributed by atoms with Gasteiger partial charge in [-0.3, -0.25) is 9.89 Å². The van der Waals surface area contributed by atoms with Crippen LogP contribution >= 0.6 is 0 Å². The topological polar surface area (TPSA) is 86.5 Å². The maximum atomic E-state index is 11.5. The van der Waals surface area contributed by atoms with Gasteiger partial charge in [-0.05, 0) is 13.1 Å². The fourth-order valence-corrected chi connectivity index (χ4v) is 1.30. The molecule has 6 heteroatoms. The third kappa shape index (κ3) is 1.79. The van der Waals surface area contributed by atoms with Gasteiger partial charge in [-0.15, -0.1) is 0 Å². The summed E-state index contributed by atoms with van der Waals surface area (Å²) in [6.07, 6.45) is 5.05. The number of aromatic nitrogens is 4. The van der Waals surface area contributed by atoms with Crippen LogP contribution in [0, 0.1) is 0 Å². The molecule has 2 aromatic heterocycles. The quantitative estimate of drug-likeness (QED) is 0.652. The molecule has 0 atom stereocenters. The van der Waals surface area contributed by atoms with Crippen LogP contribution < -0.4 is 10.9 Å². The molecule has 2 heterocycles. The largest absolute Gasteiger partial charge is 0.316 e. The van der Waals surface area contributed by atoms with E-state index in [1.54, 1.807) is 0 Å². The Hall–Kier alpha value is -1.95. The second-order valence-corrected chi connectivity index (χ2v) is 3.03. The highest BCUT2D eigenvalue weighted by atomic mass is 16.1. The molecule has 2 rings (SSSR count). The number of rotatable bonds is 3. The number of nitrogens with zero attached hydrogens (tertiary/aromatic N) is 2. The second kappa shape index (κ2) is 4.05. The molecule has 0 unspecified atom stereocenters. The van der Waals surface area contributed by atoms with E-state index in [0.29, 0.717) is 16.7 Å². The molecular formula is C9H11N5O. The molecule has 0 spiro atoms. The molecule has 0 aromatic carbocycles. The van der Waals surface area contributed by atoms with Gasteiger partial charge in [0.1, 0.15) is 5.39 Å². The van der Waals surface area contributed by atoms with Gasteiger partial charge in [-0.2, -0.15) is 5.10 Å². The van der Waals surface area contributed by atoms with Crippen LogP contribution in [0.1, 0.15) is 5.69 Å². The first kappa shape index (κ1) is 9.60. The molecule has 0 aliphatic carbocycles. The summed E-state index contributed by atoms with van der Waals surface area (Å²) >= 11 is 0. The summed E-state index contributed by atoms with van der Waals surface area (Å²) in [5, 5.41) is 10.2. The van der Waals surface area contributed by atoms with Crippen molar-refractivity contribution in [2.24, 2.45) is 0 Å². The highest BCUT2D eigenvalue weighted by molar-refractivity contribution is 5.82. The molecule has 2 aromatic rings. The van der Waals surface area contributed by atoms with Crippen LogP contribution in [-0.2, 0) is 0 Å². The minimum absolute atomic E-state index is 0.183. The maximum absolute atomic E-state index is 11.5. The fraction of sp³-hybridized carbons (Fsp3) is 0.222. The number of hydrogen-bond donors (Lipinski definition) is 3. The Morgan fingerprint density at radius 1 is 1.60 bits per heavy atom. The minimum atomic E-state index is -0.183. The van der Waals surface area contributed by atoms with Crippen molar-refractivity contribution in [2.75, 3.05) is 13.6 Å². The molecule has 0 aliphatic rings. The summed E-state index contributed by atoms with van der Waals surface area (Å²) in [5.74, 6) is 0. The predicted molar refractivity (Wildman–Crippen MR) is 57.5 cm³/mol. The normalized spacial score (nSPS) is 11.5. The van der Waals surface area contributed by atoms with Gasteiger partial charge in [-0.25, -0.2) is 4.98 Å². The third-order valence-corrected chi connectivity index (χ3v) is 1.99. The van der Waals surface area contributed by atoms with Crippen LogP contribution in [0.4, 0.5) is 0 Å². The van der Waals surface area contributed by atoms with E-state index in [9.17, 15) is 4.79 Å². The van der Waals surface area contributed by atoms with Crippen LogP contribution in [0.25, 0.3) is 17.1 Å². The van der Waals surface area contributed by atoms with Gasteiger partial charge >= 0.3 is 0 Å². The van der Waals surface area contributed by atoms with E-state index in [1.165, 1.54) is 6.33 Å². The zero-order valence-corrected chi connectivity index (χ0v) is 8.24. The van der Waals surface area contributed by atoms with E-state index < -0.39 is 0 Å². The summed E-state index contributed by atoms with van der Waals surface area (Å²) in [6, 6.07) is 0. The number of aromatic amines is 2. The number of nitrogens with one attached hydrogen (secondary N) is 3. The SMILES string of the molecule is CNCC=Cc1[nH]nc2nc[nH]c(=O)c12. The van der Waals surface area contributed by atoms with Crippen molar-refractivity contribution in [3.63, 3.8) is 0 Å². The molecule has 3 N–H and O–H groups in total. The molecule has 0 saturated carbocycles. The Balaban J connectivity index is 2.48. The Kier molecular flexibility index (Phi) is 2.59. The lowest BCUT2D eigenvalue weighted by atomic mass is 10.3. The lowest BCUT2D eigenvalue weighted by molar-refractivity contribution is 0.922. The first-order chi connectivity index (χ1) is 7.33. The monoisotopic (exact) mass is 205 g/mol. The lowest BCUT2D eigenvalue weighted by Gasteiger charge is -1.89. The lowest BCUT2D eigenvalue weighted by Crippen LogP contribution is -2.06. The van der Waals surface area contributed by atoms with E-state index in [-0.39, 0.29) is 5.56 Å². The molecule has 0 amide bonds. The van der Waals surface area contributed by atoms with Crippen LogP contribution in [-0.4, -0.2) is 33.8 Å². The standard InChI is InChI=1S/C9H11N5O/c1-10-4-2-3-6-7-8(14-13-6)11-5-12-9(7)15/h2-3,5,10H,4H2,1H3,(H2,11,12,13,14,15). The van der Waals surface area contributed by atoms with E-state index in [2.05, 4.69) is 25.5 Å². The Labute approximate surface area is 85.4 Å². The fourth-order valence-electron chi connectivity index (χ4n) is 1.30. The van der Waals surface area contributed by atoms with E-state index in [0.717, 1.165) is 6.54 Å². The van der Waals surface area contributed by atoms with Crippen molar-refractivity contribution < 1.29 is 0 Å². The van der Waals surface area contributed by atoms with Gasteiger partial charge < -0.3 is 10.3 Å². The molecule has 78 valence electrons. The summed E-state index contributed by atoms with van der Waals surface area (Å²) in [4.78, 5) is 17.9. The summed E-state index contributed by atoms with van der Waals surface area (Å²) < 4.78 is 0. The van der Waals surface area contributed by atoms with Crippen molar-refractivity contribution in [1.29, 1.82) is 0 Å². The first-order valence-corrected chi connectivity index (χ1v) is 4.56. The van der Waals surface area contributed by atoms with E-state index in [1.807, 2.05) is 19.2 Å². The van der Waals surface area contributed by atoms with Gasteiger partial charge in [0.25, 0.3) is 5.56 Å². The average molecular weight is 205 g/mol. The summed E-state index contributed by atoms with van der Waals surface area (Å²) in [7, 11) is 1.85. The zero-order chi connectivity index (χ0) is 10.7. The van der Waals surface area contributed by atoms with Gasteiger partial charge in [0, 0.05) is 6.54 Å². The Morgan fingerprint density at radius 3 is 3.27 bits per heavy atom. The van der Waals surface area contributed by atoms with Gasteiger partial charge in [0.05, 0.1) is 12.0 Å². The Morgan fingerprint density at radius 2 is 2.47 bits per heavy atom. The average Bonchev–Trinajstić information content (AvgIpc) is 2.63. The molecule has 0 saturated heterocycles. The number of hydrogen-bond acceptors (Lipinski definition) is 4. The van der Waals surface area contributed by atoms with Gasteiger partial charge in [-0.1, -0.05) is 6.08 Å². The van der Waals surface area contributed by atoms with Crippen LogP contribution in [0.5, 0.6) is 0 Å². The third-order valence-electron chi connectivity index (χ3n) is 1.99. The van der Waals surface area contributed by atoms with Crippen molar-refractivity contribution in [3.8, 4) is 0 Å². The predicted octanol–water partition coefficient (Wildman–Crippen LogP) is -0.121. The van der Waals surface area contributed by atoms with Crippen molar-refractivity contribution in [3.05, 3.63) is 28.5 Å². The van der Waals surface area contributed by atoms with E-state index >= 15 is 0 Å². The molecular weight excluding hydrogens is 194 g/mol. The first-order valence-electron chi connectivity index (χ1n) is 4.56. The highest BCUT2D eigenvalue weighted by Gasteiger charge is 2.06. The molecule has 0 fully saturated rings. The smallest absolute Gasteiger partial charge is 0.262 e. The summed E-state index contributed by atoms with van der Waals surface area (Å²) in [6.45, 7) is 0.735. The van der Waals surface area contributed by atoms with Crippen molar-refractivity contribution in [2.45, 2.75) is 0 Å². The van der Waals surface area contributed by atoms with Crippen LogP contribution in [0.3, 0.4) is 0 Å². The molecule has 15 heavy (non-hydrogen) atoms. The van der Waals surface area contributed by atoms with Crippen molar-refractivity contribution >= 4 is 17.1 Å². The molecule has 0 bridgehead atoms. The van der Waals surface area contributed by atoms with Crippen LogP contribution in [0.2, 0.25) is 0 Å². The number of fused-ring (bicyclic) bond motifs is 1. The Bertz CT molecular complexity index is 539. The van der Waals surface area contributed by atoms with Gasteiger partial charge in [0.15, 0.2) is 5.65 Å². The summed E-state index contributed by atoms with van der Waals surface area (Å²) in [5.41, 5.74) is 0.926. The minimum Gasteiger partial charge on any atom is -0.316 e. The van der Waals surface area contributed by atoms with Crippen LogP contribution in [0.15, 0.2) is 17.2 Å². The van der Waals surface area contributed by atoms with E-state index in [4.69, 9.17) is 0 Å². The molecule has 0 radical (unpaired) electrons. The van der Waals surface area contributed by atoms with Gasteiger partial charge in [0.2, 0.25) is 0 Å². The van der Waals surface area contributed by atoms with Crippen molar-refractivity contribution in [1.82, 2.24) is 25.5 Å². The molecule has 6 nitrogen and oxygen atoms in total. The number of H-pyrrole nitrogens is 2. The molecule has 0 aliphatic heterocycles. The maximum Gasteiger partial charge on any atom is 0.262 e.